The van der Waals surface area contributed by atoms with E-state index in [9.17, 15) is 25.0 Å². The lowest BCUT2D eigenvalue weighted by atomic mass is 10.2. The van der Waals surface area contributed by atoms with Gasteiger partial charge < -0.3 is 0 Å². The minimum atomic E-state index is -0.788. The van der Waals surface area contributed by atoms with Crippen LogP contribution >= 0.6 is 11.8 Å². The lowest BCUT2D eigenvalue weighted by Gasteiger charge is -2.06. The molecule has 0 bridgehead atoms. The molecule has 2 rings (SSSR count). The van der Waals surface area contributed by atoms with Crippen LogP contribution in [0.15, 0.2) is 47.4 Å². The maximum Gasteiger partial charge on any atom is 0.287 e. The van der Waals surface area contributed by atoms with Crippen LogP contribution in [0.1, 0.15) is 15.9 Å². The fourth-order valence-electron chi connectivity index (χ4n) is 1.83. The van der Waals surface area contributed by atoms with Crippen LogP contribution in [-0.4, -0.2) is 16.1 Å². The summed E-state index contributed by atoms with van der Waals surface area (Å²) in [6, 6.07) is 11.2. The number of non-ortho nitro benzene ring substituents is 1. The number of thioether (sulfide) groups is 1. The SMILES string of the molecule is O=Cc1c(SCc2ccccc2)cc([N+](=O)[O-])cc1[N+](=O)[O-]. The molecule has 0 aliphatic heterocycles. The zero-order valence-corrected chi connectivity index (χ0v) is 12.0. The minimum absolute atomic E-state index is 0.142. The van der Waals surface area contributed by atoms with Crippen molar-refractivity contribution >= 4 is 29.4 Å². The summed E-state index contributed by atoms with van der Waals surface area (Å²) in [4.78, 5) is 31.8. The smallest absolute Gasteiger partial charge is 0.287 e. The largest absolute Gasteiger partial charge is 0.298 e. The number of hydrogen-bond donors (Lipinski definition) is 0. The Morgan fingerprint density at radius 1 is 1.05 bits per heavy atom. The molecule has 0 heterocycles. The van der Waals surface area contributed by atoms with Crippen molar-refractivity contribution in [3.8, 4) is 0 Å². The summed E-state index contributed by atoms with van der Waals surface area (Å²) in [5.41, 5.74) is -0.164. The van der Waals surface area contributed by atoms with Crippen molar-refractivity contribution < 1.29 is 14.6 Å². The number of aldehydes is 1. The van der Waals surface area contributed by atoms with Crippen molar-refractivity contribution in [1.29, 1.82) is 0 Å². The number of rotatable bonds is 6. The van der Waals surface area contributed by atoms with Gasteiger partial charge in [-0.3, -0.25) is 25.0 Å². The first kappa shape index (κ1) is 15.6. The van der Waals surface area contributed by atoms with E-state index in [0.717, 1.165) is 23.4 Å². The van der Waals surface area contributed by atoms with Crippen LogP contribution in [0.4, 0.5) is 11.4 Å². The maximum atomic E-state index is 11.2. The molecular weight excluding hydrogens is 308 g/mol. The molecule has 0 fully saturated rings. The number of nitrogens with zero attached hydrogens (tertiary/aromatic N) is 2. The van der Waals surface area contributed by atoms with E-state index in [0.29, 0.717) is 12.0 Å². The minimum Gasteiger partial charge on any atom is -0.298 e. The molecule has 2 aromatic rings. The van der Waals surface area contributed by atoms with E-state index < -0.39 is 21.2 Å². The van der Waals surface area contributed by atoms with Crippen LogP contribution in [0, 0.1) is 20.2 Å². The Morgan fingerprint density at radius 2 is 1.73 bits per heavy atom. The molecule has 0 spiro atoms. The summed E-state index contributed by atoms with van der Waals surface area (Å²) < 4.78 is 0. The van der Waals surface area contributed by atoms with Gasteiger partial charge in [0.1, 0.15) is 5.56 Å². The second kappa shape index (κ2) is 6.81. The van der Waals surface area contributed by atoms with Crippen LogP contribution in [0.25, 0.3) is 0 Å². The Bertz CT molecular complexity index is 734. The monoisotopic (exact) mass is 318 g/mol. The van der Waals surface area contributed by atoms with Gasteiger partial charge in [-0.2, -0.15) is 0 Å². The summed E-state index contributed by atoms with van der Waals surface area (Å²) in [6.07, 6.45) is 0.356. The predicted molar refractivity (Wildman–Crippen MR) is 81.1 cm³/mol. The van der Waals surface area contributed by atoms with E-state index in [1.54, 1.807) is 0 Å². The number of nitro groups is 2. The second-order valence-corrected chi connectivity index (χ2v) is 5.30. The number of benzene rings is 2. The van der Waals surface area contributed by atoms with Crippen molar-refractivity contribution in [2.45, 2.75) is 10.6 Å². The first-order valence-electron chi connectivity index (χ1n) is 6.11. The van der Waals surface area contributed by atoms with Gasteiger partial charge in [0.25, 0.3) is 11.4 Å². The molecule has 0 radical (unpaired) electrons. The maximum absolute atomic E-state index is 11.2. The summed E-state index contributed by atoms with van der Waals surface area (Å²) in [5, 5.41) is 21.9. The third-order valence-corrected chi connectivity index (χ3v) is 3.99. The predicted octanol–water partition coefficient (Wildman–Crippen LogP) is 3.61. The highest BCUT2D eigenvalue weighted by atomic mass is 32.2. The Labute approximate surface area is 129 Å². The molecule has 112 valence electrons. The van der Waals surface area contributed by atoms with Gasteiger partial charge in [0.2, 0.25) is 0 Å². The van der Waals surface area contributed by atoms with E-state index >= 15 is 0 Å². The summed E-state index contributed by atoms with van der Waals surface area (Å²) in [5.74, 6) is 0.444. The molecule has 7 nitrogen and oxygen atoms in total. The highest BCUT2D eigenvalue weighted by Gasteiger charge is 2.23. The molecule has 2 aromatic carbocycles. The fraction of sp³-hybridized carbons (Fsp3) is 0.0714. The summed E-state index contributed by atoms with van der Waals surface area (Å²) in [7, 11) is 0. The van der Waals surface area contributed by atoms with Gasteiger partial charge in [-0.1, -0.05) is 30.3 Å². The number of carbonyl (C=O) groups is 1. The molecule has 0 amide bonds. The van der Waals surface area contributed by atoms with Crippen LogP contribution in [0.5, 0.6) is 0 Å². The molecule has 0 aliphatic carbocycles. The third-order valence-electron chi connectivity index (χ3n) is 2.87. The van der Waals surface area contributed by atoms with E-state index in [1.807, 2.05) is 30.3 Å². The van der Waals surface area contributed by atoms with Gasteiger partial charge >= 0.3 is 0 Å². The van der Waals surface area contributed by atoms with Crippen LogP contribution in [-0.2, 0) is 5.75 Å². The molecule has 0 aliphatic rings. The molecular formula is C14H10N2O5S. The average Bonchev–Trinajstić information content (AvgIpc) is 2.52. The second-order valence-electron chi connectivity index (χ2n) is 4.28. The topological polar surface area (TPSA) is 103 Å². The van der Waals surface area contributed by atoms with E-state index in [2.05, 4.69) is 0 Å². The highest BCUT2D eigenvalue weighted by Crippen LogP contribution is 2.35. The van der Waals surface area contributed by atoms with Crippen molar-refractivity contribution in [3.63, 3.8) is 0 Å². The van der Waals surface area contributed by atoms with E-state index in [-0.39, 0.29) is 10.5 Å². The van der Waals surface area contributed by atoms with E-state index in [4.69, 9.17) is 0 Å². The van der Waals surface area contributed by atoms with Gasteiger partial charge in [0.05, 0.1) is 15.9 Å². The molecule has 0 saturated carbocycles. The van der Waals surface area contributed by atoms with Gasteiger partial charge in [-0.25, -0.2) is 0 Å². The lowest BCUT2D eigenvalue weighted by molar-refractivity contribution is -0.394. The Morgan fingerprint density at radius 3 is 2.27 bits per heavy atom. The lowest BCUT2D eigenvalue weighted by Crippen LogP contribution is -1.99. The van der Waals surface area contributed by atoms with Crippen LogP contribution in [0.2, 0.25) is 0 Å². The van der Waals surface area contributed by atoms with Crippen molar-refractivity contribution in [2.75, 3.05) is 0 Å². The van der Waals surface area contributed by atoms with Crippen molar-refractivity contribution in [2.24, 2.45) is 0 Å². The normalized spacial score (nSPS) is 10.2. The third kappa shape index (κ3) is 3.47. The summed E-state index contributed by atoms with van der Waals surface area (Å²) >= 11 is 1.15. The van der Waals surface area contributed by atoms with Gasteiger partial charge in [0, 0.05) is 16.7 Å². The molecule has 0 saturated heterocycles. The fourth-order valence-corrected chi connectivity index (χ4v) is 2.85. The Hall–Kier alpha value is -2.74. The highest BCUT2D eigenvalue weighted by molar-refractivity contribution is 7.98. The molecule has 0 aromatic heterocycles. The zero-order chi connectivity index (χ0) is 16.1. The Balaban J connectivity index is 2.41. The molecule has 8 heteroatoms. The standard InChI is InChI=1S/C14H10N2O5S/c17-8-12-13(16(20)21)6-11(15(18)19)7-14(12)22-9-10-4-2-1-3-5-10/h1-8H,9H2. The average molecular weight is 318 g/mol. The number of hydrogen-bond acceptors (Lipinski definition) is 6. The molecule has 0 atom stereocenters. The van der Waals surface area contributed by atoms with Gasteiger partial charge in [0.15, 0.2) is 6.29 Å². The van der Waals surface area contributed by atoms with Gasteiger partial charge in [-0.15, -0.1) is 11.8 Å². The molecule has 0 unspecified atom stereocenters. The van der Waals surface area contributed by atoms with Gasteiger partial charge in [-0.05, 0) is 5.56 Å². The summed E-state index contributed by atoms with van der Waals surface area (Å²) in [6.45, 7) is 0. The first-order valence-corrected chi connectivity index (χ1v) is 7.10. The van der Waals surface area contributed by atoms with Crippen molar-refractivity contribution in [1.82, 2.24) is 0 Å². The van der Waals surface area contributed by atoms with Crippen LogP contribution in [0.3, 0.4) is 0 Å². The Kier molecular flexibility index (Phi) is 4.84. The molecule has 22 heavy (non-hydrogen) atoms. The zero-order valence-electron chi connectivity index (χ0n) is 11.2. The van der Waals surface area contributed by atoms with Crippen LogP contribution < -0.4 is 0 Å². The quantitative estimate of drug-likeness (QED) is 0.349. The number of carbonyl (C=O) groups excluding carboxylic acids is 1. The number of nitro benzene ring substituents is 2. The first-order chi connectivity index (χ1) is 10.5. The molecule has 0 N–H and O–H groups in total. The van der Waals surface area contributed by atoms with E-state index in [1.165, 1.54) is 6.07 Å². The van der Waals surface area contributed by atoms with Crippen molar-refractivity contribution in [3.05, 3.63) is 73.8 Å².